The molecule has 1 unspecified atom stereocenters. The number of anilines is 1. The predicted octanol–water partition coefficient (Wildman–Crippen LogP) is 3.21. The highest BCUT2D eigenvalue weighted by Gasteiger charge is 2.52. The molecular formula is C20H25N6O2P. The van der Waals surface area contributed by atoms with Gasteiger partial charge in [-0.3, -0.25) is 14.5 Å². The van der Waals surface area contributed by atoms with Crippen LogP contribution in [0.1, 0.15) is 33.4 Å². The van der Waals surface area contributed by atoms with Crippen LogP contribution in [0.25, 0.3) is 0 Å². The first-order valence-corrected chi connectivity index (χ1v) is 9.80. The second kappa shape index (κ2) is 7.87. The number of carbonyl (C=O) groups excluding carboxylic acids is 2. The lowest BCUT2D eigenvalue weighted by atomic mass is 10.0. The third-order valence-corrected chi connectivity index (χ3v) is 5.34. The molecule has 1 fully saturated rings. The molecule has 3 rings (SSSR count). The van der Waals surface area contributed by atoms with Gasteiger partial charge in [-0.05, 0) is 50.7 Å². The second-order valence-corrected chi connectivity index (χ2v) is 8.44. The van der Waals surface area contributed by atoms with Crippen LogP contribution in [-0.4, -0.2) is 42.9 Å². The third kappa shape index (κ3) is 3.98. The number of rotatable bonds is 6. The average molecular weight is 412 g/mol. The fourth-order valence-corrected chi connectivity index (χ4v) is 3.55. The van der Waals surface area contributed by atoms with E-state index in [4.69, 9.17) is 5.41 Å². The second-order valence-electron chi connectivity index (χ2n) is 7.57. The number of nitrogens with zero attached hydrogens (tertiary/aromatic N) is 5. The number of pyridine rings is 1. The van der Waals surface area contributed by atoms with Gasteiger partial charge in [-0.2, -0.15) is 5.10 Å². The molecule has 1 saturated heterocycles. The van der Waals surface area contributed by atoms with Gasteiger partial charge in [-0.25, -0.2) is 9.69 Å². The molecule has 1 aliphatic heterocycles. The molecule has 3 amide bonds. The van der Waals surface area contributed by atoms with Gasteiger partial charge in [0, 0.05) is 18.1 Å². The molecule has 2 aromatic heterocycles. The van der Waals surface area contributed by atoms with Gasteiger partial charge in [0.1, 0.15) is 5.54 Å². The molecule has 9 heteroatoms. The van der Waals surface area contributed by atoms with E-state index in [0.29, 0.717) is 23.6 Å². The Morgan fingerprint density at radius 1 is 1.24 bits per heavy atom. The van der Waals surface area contributed by atoms with Crippen molar-refractivity contribution in [2.75, 3.05) is 4.90 Å². The van der Waals surface area contributed by atoms with Gasteiger partial charge in [-0.1, -0.05) is 6.07 Å². The highest BCUT2D eigenvalue weighted by atomic mass is 31.0. The number of urea groups is 1. The third-order valence-electron chi connectivity index (χ3n) is 5.00. The van der Waals surface area contributed by atoms with Crippen molar-refractivity contribution in [1.82, 2.24) is 19.7 Å². The van der Waals surface area contributed by atoms with Crippen molar-refractivity contribution in [2.45, 2.75) is 46.3 Å². The lowest BCUT2D eigenvalue weighted by Gasteiger charge is -2.27. The zero-order valence-corrected chi connectivity index (χ0v) is 18.2. The van der Waals surface area contributed by atoms with E-state index >= 15 is 0 Å². The van der Waals surface area contributed by atoms with Gasteiger partial charge in [0.2, 0.25) is 0 Å². The monoisotopic (exact) mass is 412 g/mol. The van der Waals surface area contributed by atoms with Gasteiger partial charge in [-0.15, -0.1) is 9.24 Å². The summed E-state index contributed by atoms with van der Waals surface area (Å²) in [5.41, 5.74) is 1.42. The molecule has 3 heterocycles. The highest BCUT2D eigenvalue weighted by molar-refractivity contribution is 7.22. The average Bonchev–Trinajstić information content (AvgIpc) is 3.17. The molecule has 0 spiro atoms. The Kier molecular flexibility index (Phi) is 5.66. The van der Waals surface area contributed by atoms with E-state index < -0.39 is 11.6 Å². The first kappa shape index (κ1) is 20.9. The number of allylic oxidation sites excluding steroid dienone is 2. The minimum atomic E-state index is -0.996. The van der Waals surface area contributed by atoms with Crippen molar-refractivity contribution in [1.29, 1.82) is 5.41 Å². The summed E-state index contributed by atoms with van der Waals surface area (Å²) in [4.78, 5) is 33.1. The molecule has 0 saturated carbocycles. The van der Waals surface area contributed by atoms with E-state index in [-0.39, 0.29) is 12.5 Å². The SMILES string of the molecule is CC(=N)/C(Cn1cc(N2C(=O)N(Cc3ccccn3)C(C)(C)C2=O)cn1)=C(/C)P. The number of hydrogen-bond donors (Lipinski definition) is 1. The predicted molar refractivity (Wildman–Crippen MR) is 115 cm³/mol. The van der Waals surface area contributed by atoms with E-state index in [1.807, 2.05) is 25.1 Å². The fourth-order valence-electron chi connectivity index (χ4n) is 3.24. The number of hydrogen-bond acceptors (Lipinski definition) is 5. The first-order chi connectivity index (χ1) is 13.6. The summed E-state index contributed by atoms with van der Waals surface area (Å²) in [6.45, 7) is 7.74. The van der Waals surface area contributed by atoms with E-state index in [1.165, 1.54) is 16.0 Å². The Hall–Kier alpha value is -2.86. The zero-order chi connectivity index (χ0) is 21.3. The lowest BCUT2D eigenvalue weighted by molar-refractivity contribution is -0.123. The molecule has 0 aromatic carbocycles. The van der Waals surface area contributed by atoms with Gasteiger partial charge in [0.15, 0.2) is 0 Å². The number of aromatic nitrogens is 3. The summed E-state index contributed by atoms with van der Waals surface area (Å²) in [5, 5.41) is 13.2. The van der Waals surface area contributed by atoms with Gasteiger partial charge in [0.25, 0.3) is 5.91 Å². The molecule has 1 N–H and O–H groups in total. The maximum absolute atomic E-state index is 13.1. The van der Waals surface area contributed by atoms with E-state index in [2.05, 4.69) is 19.3 Å². The molecule has 8 nitrogen and oxygen atoms in total. The summed E-state index contributed by atoms with van der Waals surface area (Å²) < 4.78 is 1.63. The highest BCUT2D eigenvalue weighted by Crippen LogP contribution is 2.33. The summed E-state index contributed by atoms with van der Waals surface area (Å²) in [6, 6.07) is 5.09. The quantitative estimate of drug-likeness (QED) is 0.448. The van der Waals surface area contributed by atoms with Crippen molar-refractivity contribution in [3.05, 3.63) is 53.4 Å². The number of carbonyl (C=O) groups is 2. The minimum Gasteiger partial charge on any atom is -0.305 e. The number of amides is 3. The molecule has 0 radical (unpaired) electrons. The van der Waals surface area contributed by atoms with Crippen LogP contribution in [0.2, 0.25) is 0 Å². The van der Waals surface area contributed by atoms with Crippen molar-refractivity contribution in [3.8, 4) is 0 Å². The van der Waals surface area contributed by atoms with Crippen LogP contribution >= 0.6 is 9.24 Å². The van der Waals surface area contributed by atoms with Gasteiger partial charge >= 0.3 is 6.03 Å². The maximum Gasteiger partial charge on any atom is 0.332 e. The van der Waals surface area contributed by atoms with Crippen LogP contribution in [0.15, 0.2) is 47.7 Å². The summed E-state index contributed by atoms with van der Waals surface area (Å²) in [6.07, 6.45) is 4.83. The topological polar surface area (TPSA) is 95.2 Å². The molecular weight excluding hydrogens is 387 g/mol. The van der Waals surface area contributed by atoms with E-state index in [0.717, 1.165) is 10.9 Å². The van der Waals surface area contributed by atoms with Crippen molar-refractivity contribution >= 4 is 32.6 Å². The Balaban J connectivity index is 1.87. The normalized spacial score (nSPS) is 17.0. The Morgan fingerprint density at radius 3 is 2.55 bits per heavy atom. The lowest BCUT2D eigenvalue weighted by Crippen LogP contribution is -2.43. The molecule has 1 atom stereocenters. The number of nitrogens with one attached hydrogen (secondary N) is 1. The molecule has 152 valence electrons. The van der Waals surface area contributed by atoms with Crippen LogP contribution in [0.3, 0.4) is 0 Å². The van der Waals surface area contributed by atoms with Crippen LogP contribution in [-0.2, 0) is 17.9 Å². The largest absolute Gasteiger partial charge is 0.332 e. The molecule has 0 aliphatic carbocycles. The molecule has 2 aromatic rings. The van der Waals surface area contributed by atoms with Crippen LogP contribution in [0, 0.1) is 5.41 Å². The summed E-state index contributed by atoms with van der Waals surface area (Å²) in [7, 11) is 2.60. The van der Waals surface area contributed by atoms with Crippen molar-refractivity contribution in [2.24, 2.45) is 0 Å². The Morgan fingerprint density at radius 2 is 1.97 bits per heavy atom. The Bertz CT molecular complexity index is 991. The van der Waals surface area contributed by atoms with Crippen molar-refractivity contribution < 1.29 is 9.59 Å². The summed E-state index contributed by atoms with van der Waals surface area (Å²) in [5.74, 6) is -0.306. The van der Waals surface area contributed by atoms with Crippen LogP contribution in [0.4, 0.5) is 10.5 Å². The van der Waals surface area contributed by atoms with Gasteiger partial charge < -0.3 is 10.3 Å². The van der Waals surface area contributed by atoms with E-state index in [9.17, 15) is 9.59 Å². The van der Waals surface area contributed by atoms with Gasteiger partial charge in [0.05, 0.1) is 30.7 Å². The standard InChI is InChI=1S/C20H25N6O2P/c1-13(21)17(14(2)29)12-24-11-16(9-23-24)26-18(27)20(3,4)25(19(26)28)10-15-7-5-6-8-22-15/h5-9,11,21H,10,12,29H2,1-4H3/b17-14-,21-13?. The minimum absolute atomic E-state index is 0.245. The van der Waals surface area contributed by atoms with Crippen LogP contribution in [0.5, 0.6) is 0 Å². The van der Waals surface area contributed by atoms with E-state index in [1.54, 1.807) is 37.8 Å². The summed E-state index contributed by atoms with van der Waals surface area (Å²) >= 11 is 0. The Labute approximate surface area is 172 Å². The molecule has 29 heavy (non-hydrogen) atoms. The zero-order valence-electron chi connectivity index (χ0n) is 17.0. The fraction of sp³-hybridized carbons (Fsp3) is 0.350. The molecule has 1 aliphatic rings. The molecule has 0 bridgehead atoms. The smallest absolute Gasteiger partial charge is 0.305 e. The first-order valence-electron chi connectivity index (χ1n) is 9.22. The number of imide groups is 1. The maximum atomic E-state index is 13.1. The van der Waals surface area contributed by atoms with Crippen LogP contribution < -0.4 is 4.90 Å². The van der Waals surface area contributed by atoms with Crippen molar-refractivity contribution in [3.63, 3.8) is 0 Å².